The predicted octanol–water partition coefficient (Wildman–Crippen LogP) is 3.88. The number of nitrogens with one attached hydrogen (secondary N) is 1. The molecule has 4 rings (SSSR count). The molecule has 1 fully saturated rings. The summed E-state index contributed by atoms with van der Waals surface area (Å²) >= 11 is 1.66. The summed E-state index contributed by atoms with van der Waals surface area (Å²) in [6, 6.07) is 11.8. The zero-order chi connectivity index (χ0) is 17.1. The number of pyridine rings is 1. The summed E-state index contributed by atoms with van der Waals surface area (Å²) in [5.74, 6) is 0.710. The monoisotopic (exact) mass is 354 g/mol. The fourth-order valence-corrected chi connectivity index (χ4v) is 4.41. The molecule has 0 bridgehead atoms. The van der Waals surface area contributed by atoms with Crippen LogP contribution in [0.3, 0.4) is 0 Å². The van der Waals surface area contributed by atoms with Crippen LogP contribution in [0.2, 0.25) is 0 Å². The van der Waals surface area contributed by atoms with Gasteiger partial charge in [0, 0.05) is 24.2 Å². The standard InChI is InChI=1S/C19H22N4OS/c24-19(21-11-14-22-12-4-1-5-13-22)23-15-7-2-3-8-16(15)25-17-9-6-10-20-18(17)23/h2-3,6-10H,1,4-5,11-14H2,(H,21,24). The summed E-state index contributed by atoms with van der Waals surface area (Å²) in [4.78, 5) is 23.6. The van der Waals surface area contributed by atoms with Gasteiger partial charge in [-0.1, -0.05) is 30.3 Å². The Balaban J connectivity index is 1.49. The number of piperidine rings is 1. The van der Waals surface area contributed by atoms with Crippen molar-refractivity contribution in [1.82, 2.24) is 15.2 Å². The average molecular weight is 354 g/mol. The number of nitrogens with zero attached hydrogens (tertiary/aromatic N) is 3. The minimum atomic E-state index is -0.107. The molecule has 6 heteroatoms. The molecule has 3 heterocycles. The molecule has 0 atom stereocenters. The number of rotatable bonds is 3. The van der Waals surface area contributed by atoms with Crippen LogP contribution in [0.5, 0.6) is 0 Å². The number of urea groups is 1. The van der Waals surface area contributed by atoms with Crippen molar-refractivity contribution in [2.75, 3.05) is 31.1 Å². The van der Waals surface area contributed by atoms with E-state index in [0.717, 1.165) is 35.1 Å². The second kappa shape index (κ2) is 7.45. The average Bonchev–Trinajstić information content (AvgIpc) is 2.66. The van der Waals surface area contributed by atoms with Gasteiger partial charge in [0.1, 0.15) is 0 Å². The molecule has 2 aliphatic heterocycles. The van der Waals surface area contributed by atoms with Crippen molar-refractivity contribution in [3.8, 4) is 0 Å². The first kappa shape index (κ1) is 16.4. The minimum absolute atomic E-state index is 0.107. The lowest BCUT2D eigenvalue weighted by Gasteiger charge is -2.30. The number of fused-ring (bicyclic) bond motifs is 2. The number of hydrogen-bond acceptors (Lipinski definition) is 4. The molecule has 130 valence electrons. The van der Waals surface area contributed by atoms with Crippen LogP contribution in [0.15, 0.2) is 52.4 Å². The van der Waals surface area contributed by atoms with Crippen LogP contribution in [-0.4, -0.2) is 42.1 Å². The van der Waals surface area contributed by atoms with Gasteiger partial charge in [-0.05, 0) is 50.2 Å². The molecule has 0 spiro atoms. The zero-order valence-corrected chi connectivity index (χ0v) is 15.0. The Labute approximate surface area is 152 Å². The van der Waals surface area contributed by atoms with Crippen LogP contribution in [0, 0.1) is 0 Å². The molecule has 25 heavy (non-hydrogen) atoms. The lowest BCUT2D eigenvalue weighted by atomic mass is 10.1. The number of anilines is 2. The van der Waals surface area contributed by atoms with Crippen LogP contribution in [-0.2, 0) is 0 Å². The molecule has 0 aliphatic carbocycles. The van der Waals surface area contributed by atoms with E-state index in [1.54, 1.807) is 22.9 Å². The topological polar surface area (TPSA) is 48.5 Å². The molecular formula is C19H22N4OS. The normalized spacial score (nSPS) is 16.9. The van der Waals surface area contributed by atoms with Crippen LogP contribution in [0.4, 0.5) is 16.3 Å². The van der Waals surface area contributed by atoms with Gasteiger partial charge in [-0.3, -0.25) is 0 Å². The van der Waals surface area contributed by atoms with Crippen molar-refractivity contribution in [2.45, 2.75) is 29.1 Å². The number of benzene rings is 1. The molecule has 5 nitrogen and oxygen atoms in total. The molecule has 2 aromatic rings. The van der Waals surface area contributed by atoms with Gasteiger partial charge < -0.3 is 10.2 Å². The maximum atomic E-state index is 12.9. The van der Waals surface area contributed by atoms with Gasteiger partial charge in [-0.2, -0.15) is 0 Å². The van der Waals surface area contributed by atoms with E-state index in [-0.39, 0.29) is 6.03 Å². The summed E-state index contributed by atoms with van der Waals surface area (Å²) in [5.41, 5.74) is 0.897. The van der Waals surface area contributed by atoms with Gasteiger partial charge in [-0.15, -0.1) is 0 Å². The van der Waals surface area contributed by atoms with Gasteiger partial charge in [0.15, 0.2) is 5.82 Å². The van der Waals surface area contributed by atoms with Crippen molar-refractivity contribution in [1.29, 1.82) is 0 Å². The van der Waals surface area contributed by atoms with Crippen LogP contribution < -0.4 is 10.2 Å². The Morgan fingerprint density at radius 1 is 1.08 bits per heavy atom. The van der Waals surface area contributed by atoms with Crippen LogP contribution in [0.25, 0.3) is 0 Å². The fraction of sp³-hybridized carbons (Fsp3) is 0.368. The van der Waals surface area contributed by atoms with E-state index in [0.29, 0.717) is 12.4 Å². The van der Waals surface area contributed by atoms with E-state index >= 15 is 0 Å². The van der Waals surface area contributed by atoms with Gasteiger partial charge in [-0.25, -0.2) is 14.7 Å². The molecule has 0 radical (unpaired) electrons. The number of likely N-dealkylation sites (tertiary alicyclic amines) is 1. The van der Waals surface area contributed by atoms with E-state index in [1.165, 1.54) is 19.3 Å². The molecule has 2 amide bonds. The highest BCUT2D eigenvalue weighted by atomic mass is 32.2. The van der Waals surface area contributed by atoms with E-state index in [1.807, 2.05) is 36.4 Å². The molecule has 1 aromatic carbocycles. The van der Waals surface area contributed by atoms with E-state index in [4.69, 9.17) is 0 Å². The van der Waals surface area contributed by atoms with Gasteiger partial charge >= 0.3 is 6.03 Å². The van der Waals surface area contributed by atoms with Crippen LogP contribution in [0.1, 0.15) is 19.3 Å². The molecule has 0 unspecified atom stereocenters. The Bertz CT molecular complexity index is 715. The Morgan fingerprint density at radius 2 is 1.88 bits per heavy atom. The van der Waals surface area contributed by atoms with Crippen molar-refractivity contribution in [3.05, 3.63) is 42.6 Å². The SMILES string of the molecule is O=C(NCCN1CCCCC1)N1c2ccccc2Sc2cccnc21. The maximum absolute atomic E-state index is 12.9. The molecule has 1 N–H and O–H groups in total. The summed E-state index contributed by atoms with van der Waals surface area (Å²) in [5, 5.41) is 3.08. The van der Waals surface area contributed by atoms with E-state index in [9.17, 15) is 4.79 Å². The summed E-state index contributed by atoms with van der Waals surface area (Å²) in [6.07, 6.45) is 5.60. The van der Waals surface area contributed by atoms with Gasteiger partial charge in [0.05, 0.1) is 10.6 Å². The third-order valence-corrected chi connectivity index (χ3v) is 5.75. The Morgan fingerprint density at radius 3 is 2.76 bits per heavy atom. The second-order valence-corrected chi connectivity index (χ2v) is 7.45. The molecule has 1 aromatic heterocycles. The summed E-state index contributed by atoms with van der Waals surface area (Å²) < 4.78 is 0. The highest BCUT2D eigenvalue weighted by Gasteiger charge is 2.29. The molecule has 2 aliphatic rings. The van der Waals surface area contributed by atoms with E-state index < -0.39 is 0 Å². The van der Waals surface area contributed by atoms with Gasteiger partial charge in [0.2, 0.25) is 0 Å². The summed E-state index contributed by atoms with van der Waals surface area (Å²) in [7, 11) is 0. The van der Waals surface area contributed by atoms with Crippen molar-refractivity contribution >= 4 is 29.3 Å². The molecular weight excluding hydrogens is 332 g/mol. The first-order valence-corrected chi connectivity index (χ1v) is 9.67. The minimum Gasteiger partial charge on any atom is -0.336 e. The first-order valence-electron chi connectivity index (χ1n) is 8.85. The third kappa shape index (κ3) is 3.50. The van der Waals surface area contributed by atoms with Crippen molar-refractivity contribution < 1.29 is 4.79 Å². The van der Waals surface area contributed by atoms with Crippen molar-refractivity contribution in [2.24, 2.45) is 0 Å². The number of carbonyl (C=O) groups excluding carboxylic acids is 1. The second-order valence-electron chi connectivity index (χ2n) is 6.36. The zero-order valence-electron chi connectivity index (χ0n) is 14.1. The Kier molecular flexibility index (Phi) is 4.90. The number of para-hydroxylation sites is 1. The van der Waals surface area contributed by atoms with Crippen molar-refractivity contribution in [3.63, 3.8) is 0 Å². The first-order chi connectivity index (χ1) is 12.3. The molecule has 1 saturated heterocycles. The van der Waals surface area contributed by atoms with E-state index in [2.05, 4.69) is 15.2 Å². The predicted molar refractivity (Wildman–Crippen MR) is 101 cm³/mol. The largest absolute Gasteiger partial charge is 0.336 e. The number of amides is 2. The highest BCUT2D eigenvalue weighted by Crippen LogP contribution is 2.46. The number of aromatic nitrogens is 1. The maximum Gasteiger partial charge on any atom is 0.327 e. The lowest BCUT2D eigenvalue weighted by Crippen LogP contribution is -2.43. The summed E-state index contributed by atoms with van der Waals surface area (Å²) in [6.45, 7) is 3.85. The number of carbonyl (C=O) groups is 1. The number of hydrogen-bond donors (Lipinski definition) is 1. The highest BCUT2D eigenvalue weighted by molar-refractivity contribution is 7.99. The smallest absolute Gasteiger partial charge is 0.327 e. The Hall–Kier alpha value is -2.05. The quantitative estimate of drug-likeness (QED) is 0.909. The van der Waals surface area contributed by atoms with Gasteiger partial charge in [0.25, 0.3) is 0 Å². The fourth-order valence-electron chi connectivity index (χ4n) is 3.38. The molecule has 0 saturated carbocycles. The lowest BCUT2D eigenvalue weighted by molar-refractivity contribution is 0.223. The van der Waals surface area contributed by atoms with Crippen LogP contribution >= 0.6 is 11.8 Å². The third-order valence-electron chi connectivity index (χ3n) is 4.64.